The number of ether oxygens (including phenoxy) is 2. The Balaban J connectivity index is 1.49. The summed E-state index contributed by atoms with van der Waals surface area (Å²) >= 11 is 0. The monoisotopic (exact) mass is 416 g/mol. The van der Waals surface area contributed by atoms with Crippen molar-refractivity contribution in [2.45, 2.75) is 38.6 Å². The van der Waals surface area contributed by atoms with Gasteiger partial charge in [-0.1, -0.05) is 12.1 Å². The highest BCUT2D eigenvalue weighted by atomic mass is 16.5. The van der Waals surface area contributed by atoms with E-state index in [0.29, 0.717) is 24.1 Å². The van der Waals surface area contributed by atoms with Gasteiger partial charge in [0.25, 0.3) is 17.7 Å². The molecule has 0 N–H and O–H groups in total. The predicted molar refractivity (Wildman–Crippen MR) is 103 cm³/mol. The second kappa shape index (κ2) is 9.51. The molecule has 1 saturated heterocycles. The summed E-state index contributed by atoms with van der Waals surface area (Å²) in [5, 5.41) is 0. The Labute approximate surface area is 173 Å². The smallest absolute Gasteiger partial charge is 0.328 e. The first-order valence-electron chi connectivity index (χ1n) is 10.0. The van der Waals surface area contributed by atoms with Crippen LogP contribution in [0.25, 0.3) is 0 Å². The molecule has 0 aliphatic carbocycles. The lowest BCUT2D eigenvalue weighted by molar-refractivity contribution is -0.160. The van der Waals surface area contributed by atoms with Gasteiger partial charge in [-0.05, 0) is 38.3 Å². The number of piperidine rings is 1. The van der Waals surface area contributed by atoms with Crippen molar-refractivity contribution in [3.63, 3.8) is 0 Å². The maximum atomic E-state index is 12.5. The number of benzene rings is 1. The van der Waals surface area contributed by atoms with Crippen molar-refractivity contribution in [3.05, 3.63) is 35.4 Å². The topological polar surface area (TPSA) is 110 Å². The van der Waals surface area contributed by atoms with Gasteiger partial charge in [0.15, 0.2) is 6.61 Å². The van der Waals surface area contributed by atoms with Crippen LogP contribution in [0.5, 0.6) is 0 Å². The third-order valence-electron chi connectivity index (χ3n) is 5.16. The molecule has 0 bridgehead atoms. The summed E-state index contributed by atoms with van der Waals surface area (Å²) in [6, 6.07) is 5.79. The zero-order valence-corrected chi connectivity index (χ0v) is 16.8. The predicted octanol–water partition coefficient (Wildman–Crippen LogP) is 1.16. The molecule has 0 radical (unpaired) electrons. The Morgan fingerprint density at radius 3 is 2.33 bits per heavy atom. The molecule has 9 heteroatoms. The van der Waals surface area contributed by atoms with E-state index in [0.717, 1.165) is 17.7 Å². The number of nitrogens with zero attached hydrogens (tertiary/aromatic N) is 2. The third-order valence-corrected chi connectivity index (χ3v) is 5.16. The molecule has 30 heavy (non-hydrogen) atoms. The summed E-state index contributed by atoms with van der Waals surface area (Å²) in [6.45, 7) is 1.69. The van der Waals surface area contributed by atoms with Gasteiger partial charge in [0.2, 0.25) is 0 Å². The van der Waals surface area contributed by atoms with Gasteiger partial charge in [0, 0.05) is 13.1 Å². The first-order chi connectivity index (χ1) is 14.4. The molecule has 1 atom stereocenters. The van der Waals surface area contributed by atoms with Gasteiger partial charge in [-0.3, -0.25) is 24.1 Å². The molecule has 0 saturated carbocycles. The van der Waals surface area contributed by atoms with E-state index in [4.69, 9.17) is 9.47 Å². The minimum Gasteiger partial charge on any atom is -0.464 e. The van der Waals surface area contributed by atoms with Crippen LogP contribution in [0.15, 0.2) is 24.3 Å². The second-order valence-electron chi connectivity index (χ2n) is 7.07. The Morgan fingerprint density at radius 1 is 1.03 bits per heavy atom. The zero-order valence-electron chi connectivity index (χ0n) is 16.8. The average molecular weight is 416 g/mol. The first-order valence-corrected chi connectivity index (χ1v) is 10.0. The van der Waals surface area contributed by atoms with E-state index in [1.807, 2.05) is 0 Å². The molecule has 3 rings (SSSR count). The number of imide groups is 1. The highest BCUT2D eigenvalue weighted by Crippen LogP contribution is 2.22. The molecule has 2 aliphatic rings. The van der Waals surface area contributed by atoms with E-state index >= 15 is 0 Å². The van der Waals surface area contributed by atoms with Crippen molar-refractivity contribution in [3.8, 4) is 0 Å². The zero-order chi connectivity index (χ0) is 21.7. The van der Waals surface area contributed by atoms with E-state index in [2.05, 4.69) is 0 Å². The molecule has 3 amide bonds. The molecule has 160 valence electrons. The lowest BCUT2D eigenvalue weighted by atomic mass is 10.0. The molecule has 1 aromatic carbocycles. The maximum absolute atomic E-state index is 12.5. The van der Waals surface area contributed by atoms with Crippen molar-refractivity contribution in [2.24, 2.45) is 0 Å². The number of carbonyl (C=O) groups excluding carboxylic acids is 5. The molecule has 0 unspecified atom stereocenters. The van der Waals surface area contributed by atoms with Crippen molar-refractivity contribution in [1.82, 2.24) is 9.80 Å². The standard InChI is InChI=1S/C21H24N2O7/c1-2-29-21(28)16-9-5-6-11-22(16)17(24)13-30-18(25)10-12-23-19(26)14-7-3-4-8-15(14)20(23)27/h3-4,7-8,16H,2,5-6,9-13H2,1H3/t16-/m0/s1. The Hall–Kier alpha value is -3.23. The van der Waals surface area contributed by atoms with Crippen molar-refractivity contribution in [1.29, 1.82) is 0 Å². The van der Waals surface area contributed by atoms with Gasteiger partial charge in [0.05, 0.1) is 24.2 Å². The van der Waals surface area contributed by atoms with Gasteiger partial charge in [-0.2, -0.15) is 0 Å². The van der Waals surface area contributed by atoms with Crippen LogP contribution in [-0.2, 0) is 23.9 Å². The fourth-order valence-corrected chi connectivity index (χ4v) is 3.66. The van der Waals surface area contributed by atoms with Crippen LogP contribution in [0.3, 0.4) is 0 Å². The number of amides is 3. The van der Waals surface area contributed by atoms with Crippen LogP contribution >= 0.6 is 0 Å². The van der Waals surface area contributed by atoms with Gasteiger partial charge < -0.3 is 14.4 Å². The normalized spacial score (nSPS) is 18.2. The number of fused-ring (bicyclic) bond motifs is 1. The quantitative estimate of drug-likeness (QED) is 0.484. The van der Waals surface area contributed by atoms with E-state index in [1.165, 1.54) is 4.90 Å². The van der Waals surface area contributed by atoms with Crippen LogP contribution in [0.1, 0.15) is 53.3 Å². The summed E-state index contributed by atoms with van der Waals surface area (Å²) in [6.07, 6.45) is 1.86. The molecule has 1 fully saturated rings. The number of likely N-dealkylation sites (tertiary alicyclic amines) is 1. The molecule has 9 nitrogen and oxygen atoms in total. The van der Waals surface area contributed by atoms with Gasteiger partial charge in [0.1, 0.15) is 6.04 Å². The Morgan fingerprint density at radius 2 is 1.70 bits per heavy atom. The van der Waals surface area contributed by atoms with E-state index < -0.39 is 42.3 Å². The van der Waals surface area contributed by atoms with Crippen molar-refractivity contribution < 1.29 is 33.4 Å². The summed E-state index contributed by atoms with van der Waals surface area (Å²) in [4.78, 5) is 63.5. The van der Waals surface area contributed by atoms with Gasteiger partial charge in [-0.15, -0.1) is 0 Å². The van der Waals surface area contributed by atoms with Crippen molar-refractivity contribution >= 4 is 29.7 Å². The highest BCUT2D eigenvalue weighted by Gasteiger charge is 2.36. The molecule has 0 spiro atoms. The SMILES string of the molecule is CCOC(=O)[C@@H]1CCCCN1C(=O)COC(=O)CCN1C(=O)c2ccccc2C1=O. The number of hydrogen-bond donors (Lipinski definition) is 0. The van der Waals surface area contributed by atoms with E-state index in [9.17, 15) is 24.0 Å². The molecule has 2 aliphatic heterocycles. The van der Waals surface area contributed by atoms with E-state index in [-0.39, 0.29) is 19.6 Å². The Kier molecular flexibility index (Phi) is 6.81. The summed E-state index contributed by atoms with van der Waals surface area (Å²) in [5.74, 6) is -2.54. The average Bonchev–Trinajstić information content (AvgIpc) is 3.00. The number of esters is 2. The summed E-state index contributed by atoms with van der Waals surface area (Å²) < 4.78 is 10.0. The molecular weight excluding hydrogens is 392 g/mol. The molecule has 0 aromatic heterocycles. The molecular formula is C21H24N2O7. The minimum absolute atomic E-state index is 0.130. The van der Waals surface area contributed by atoms with Crippen LogP contribution in [0.4, 0.5) is 0 Å². The number of hydrogen-bond acceptors (Lipinski definition) is 7. The third kappa shape index (κ3) is 4.50. The van der Waals surface area contributed by atoms with Crippen molar-refractivity contribution in [2.75, 3.05) is 26.3 Å². The first kappa shape index (κ1) is 21.5. The largest absolute Gasteiger partial charge is 0.464 e. The fourth-order valence-electron chi connectivity index (χ4n) is 3.66. The maximum Gasteiger partial charge on any atom is 0.328 e. The van der Waals surface area contributed by atoms with E-state index in [1.54, 1.807) is 31.2 Å². The second-order valence-corrected chi connectivity index (χ2v) is 7.07. The lowest BCUT2D eigenvalue weighted by Crippen LogP contribution is -2.50. The Bertz CT molecular complexity index is 832. The molecule has 2 heterocycles. The van der Waals surface area contributed by atoms with Gasteiger partial charge in [-0.25, -0.2) is 4.79 Å². The lowest BCUT2D eigenvalue weighted by Gasteiger charge is -2.33. The minimum atomic E-state index is -0.704. The summed E-state index contributed by atoms with van der Waals surface area (Å²) in [5.41, 5.74) is 0.613. The summed E-state index contributed by atoms with van der Waals surface area (Å²) in [7, 11) is 0. The van der Waals surface area contributed by atoms with Crippen LogP contribution in [0, 0.1) is 0 Å². The fraction of sp³-hybridized carbons (Fsp3) is 0.476. The highest BCUT2D eigenvalue weighted by molar-refractivity contribution is 6.21. The van der Waals surface area contributed by atoms with Crippen LogP contribution < -0.4 is 0 Å². The van der Waals surface area contributed by atoms with Crippen LogP contribution in [-0.4, -0.2) is 71.8 Å². The molecule has 1 aromatic rings. The van der Waals surface area contributed by atoms with Gasteiger partial charge >= 0.3 is 11.9 Å². The van der Waals surface area contributed by atoms with Crippen LogP contribution in [0.2, 0.25) is 0 Å². The number of carbonyl (C=O) groups is 5. The number of rotatable bonds is 7.